The fourth-order valence-electron chi connectivity index (χ4n) is 2.09. The van der Waals surface area contributed by atoms with E-state index in [1.165, 1.54) is 6.92 Å². The van der Waals surface area contributed by atoms with E-state index >= 15 is 0 Å². The maximum absolute atomic E-state index is 12.3. The zero-order valence-corrected chi connectivity index (χ0v) is 11.8. The van der Waals surface area contributed by atoms with Gasteiger partial charge in [0, 0.05) is 6.54 Å². The van der Waals surface area contributed by atoms with Crippen LogP contribution in [0.15, 0.2) is 0 Å². The van der Waals surface area contributed by atoms with E-state index < -0.39 is 35.9 Å². The van der Waals surface area contributed by atoms with Gasteiger partial charge in [0.2, 0.25) is 0 Å². The van der Waals surface area contributed by atoms with Crippen molar-refractivity contribution in [3.05, 3.63) is 0 Å². The summed E-state index contributed by atoms with van der Waals surface area (Å²) in [5.74, 6) is -4.30. The topological polar surface area (TPSA) is 124 Å². The van der Waals surface area contributed by atoms with Crippen molar-refractivity contribution < 1.29 is 34.1 Å². The molecule has 0 spiro atoms. The first-order valence-electron chi connectivity index (χ1n) is 6.54. The van der Waals surface area contributed by atoms with Crippen molar-refractivity contribution in [3.63, 3.8) is 0 Å². The summed E-state index contributed by atoms with van der Waals surface area (Å²) in [5.41, 5.74) is 0. The van der Waals surface area contributed by atoms with Gasteiger partial charge in [-0.1, -0.05) is 0 Å². The summed E-state index contributed by atoms with van der Waals surface area (Å²) in [5, 5.41) is 19.5. The van der Waals surface area contributed by atoms with Crippen LogP contribution in [0.1, 0.15) is 26.7 Å². The minimum atomic E-state index is -1.44. The summed E-state index contributed by atoms with van der Waals surface area (Å²) in [7, 11) is 0. The number of aliphatic carboxylic acids is 1. The van der Waals surface area contributed by atoms with Gasteiger partial charge < -0.3 is 14.9 Å². The van der Waals surface area contributed by atoms with Crippen molar-refractivity contribution in [3.8, 4) is 0 Å². The van der Waals surface area contributed by atoms with E-state index in [4.69, 9.17) is 14.9 Å². The molecule has 0 aromatic heterocycles. The SMILES string of the molecule is CCOC(=O)C(C)C(=O)N1C(C(=O)O)CCCN1C(=O)O. The van der Waals surface area contributed by atoms with Crippen molar-refractivity contribution in [2.75, 3.05) is 13.2 Å². The van der Waals surface area contributed by atoms with Gasteiger partial charge in [0.15, 0.2) is 6.04 Å². The van der Waals surface area contributed by atoms with Gasteiger partial charge in [-0.3, -0.25) is 9.59 Å². The third-order valence-corrected chi connectivity index (χ3v) is 3.15. The Labute approximate surface area is 121 Å². The Bertz CT molecular complexity index is 429. The molecular formula is C12H18N2O7. The lowest BCUT2D eigenvalue weighted by Gasteiger charge is -2.41. The highest BCUT2D eigenvalue weighted by molar-refractivity contribution is 5.99. The van der Waals surface area contributed by atoms with E-state index in [0.717, 1.165) is 0 Å². The predicted octanol–water partition coefficient (Wildman–Crippen LogP) is 0.156. The Morgan fingerprint density at radius 3 is 2.38 bits per heavy atom. The minimum absolute atomic E-state index is 0.000396. The van der Waals surface area contributed by atoms with Crippen LogP contribution in [0.3, 0.4) is 0 Å². The number of ether oxygens (including phenoxy) is 1. The number of carbonyl (C=O) groups is 4. The van der Waals surface area contributed by atoms with E-state index in [2.05, 4.69) is 0 Å². The zero-order valence-electron chi connectivity index (χ0n) is 11.8. The highest BCUT2D eigenvalue weighted by atomic mass is 16.5. The first-order chi connectivity index (χ1) is 9.81. The second kappa shape index (κ2) is 6.91. The van der Waals surface area contributed by atoms with Crippen LogP contribution in [0.4, 0.5) is 4.79 Å². The molecule has 9 nitrogen and oxygen atoms in total. The Morgan fingerprint density at radius 1 is 1.29 bits per heavy atom. The first-order valence-corrected chi connectivity index (χ1v) is 6.54. The molecule has 118 valence electrons. The van der Waals surface area contributed by atoms with Gasteiger partial charge >= 0.3 is 18.0 Å². The van der Waals surface area contributed by atoms with Crippen LogP contribution >= 0.6 is 0 Å². The van der Waals surface area contributed by atoms with E-state index in [1.54, 1.807) is 6.92 Å². The predicted molar refractivity (Wildman–Crippen MR) is 68.0 cm³/mol. The smallest absolute Gasteiger partial charge is 0.426 e. The van der Waals surface area contributed by atoms with Crippen LogP contribution in [0.5, 0.6) is 0 Å². The fraction of sp³-hybridized carbons (Fsp3) is 0.667. The number of carboxylic acids is 1. The molecule has 0 bridgehead atoms. The van der Waals surface area contributed by atoms with Crippen LogP contribution in [0, 0.1) is 5.92 Å². The van der Waals surface area contributed by atoms with Crippen molar-refractivity contribution >= 4 is 23.9 Å². The second-order valence-corrected chi connectivity index (χ2v) is 4.56. The van der Waals surface area contributed by atoms with Gasteiger partial charge in [-0.2, -0.15) is 0 Å². The lowest BCUT2D eigenvalue weighted by molar-refractivity contribution is -0.176. The van der Waals surface area contributed by atoms with E-state index in [1.807, 2.05) is 0 Å². The fourth-order valence-corrected chi connectivity index (χ4v) is 2.09. The zero-order chi connectivity index (χ0) is 16.2. The van der Waals surface area contributed by atoms with Gasteiger partial charge in [0.25, 0.3) is 5.91 Å². The molecule has 0 saturated carbocycles. The number of amides is 2. The van der Waals surface area contributed by atoms with Crippen molar-refractivity contribution in [1.29, 1.82) is 0 Å². The molecule has 2 N–H and O–H groups in total. The molecule has 1 rings (SSSR count). The number of hydrogen-bond donors (Lipinski definition) is 2. The van der Waals surface area contributed by atoms with E-state index in [9.17, 15) is 19.2 Å². The van der Waals surface area contributed by atoms with Crippen LogP contribution in [0.25, 0.3) is 0 Å². The number of carboxylic acid groups (broad SMARTS) is 2. The van der Waals surface area contributed by atoms with Crippen LogP contribution in [0.2, 0.25) is 0 Å². The first kappa shape index (κ1) is 16.7. The van der Waals surface area contributed by atoms with Crippen molar-refractivity contribution in [2.45, 2.75) is 32.7 Å². The molecule has 1 aliphatic heterocycles. The Hall–Kier alpha value is -2.32. The molecule has 0 aliphatic carbocycles. The third kappa shape index (κ3) is 3.61. The lowest BCUT2D eigenvalue weighted by atomic mass is 10.0. The summed E-state index contributed by atoms with van der Waals surface area (Å²) in [6.45, 7) is 2.90. The van der Waals surface area contributed by atoms with Gasteiger partial charge in [-0.05, 0) is 26.7 Å². The summed E-state index contributed by atoms with van der Waals surface area (Å²) in [6, 6.07) is -1.31. The molecule has 1 aliphatic rings. The Kier molecular flexibility index (Phi) is 5.51. The van der Waals surface area contributed by atoms with Crippen molar-refractivity contribution in [2.24, 2.45) is 5.92 Å². The van der Waals surface area contributed by atoms with Crippen molar-refractivity contribution in [1.82, 2.24) is 10.0 Å². The molecule has 1 heterocycles. The molecule has 1 saturated heterocycles. The summed E-state index contributed by atoms with van der Waals surface area (Å²) in [4.78, 5) is 46.3. The molecule has 0 aromatic carbocycles. The maximum atomic E-state index is 12.3. The third-order valence-electron chi connectivity index (χ3n) is 3.15. The minimum Gasteiger partial charge on any atom is -0.480 e. The monoisotopic (exact) mass is 302 g/mol. The number of hydrogen-bond acceptors (Lipinski definition) is 5. The number of carbonyl (C=O) groups excluding carboxylic acids is 2. The van der Waals surface area contributed by atoms with E-state index in [0.29, 0.717) is 16.4 Å². The summed E-state index contributed by atoms with van der Waals surface area (Å²) in [6.07, 6.45) is -0.994. The Balaban J connectivity index is 3.04. The maximum Gasteiger partial charge on any atom is 0.426 e. The summed E-state index contributed by atoms with van der Waals surface area (Å²) < 4.78 is 4.71. The molecule has 2 unspecified atom stereocenters. The molecule has 21 heavy (non-hydrogen) atoms. The Morgan fingerprint density at radius 2 is 1.90 bits per heavy atom. The quantitative estimate of drug-likeness (QED) is 0.559. The standard InChI is InChI=1S/C12H18N2O7/c1-3-21-11(18)7(2)9(15)14-8(10(16)17)5-4-6-13(14)12(19)20/h7-8H,3-6H2,1-2H3,(H,16,17)(H,19,20). The van der Waals surface area contributed by atoms with Gasteiger partial charge in [0.05, 0.1) is 6.61 Å². The highest BCUT2D eigenvalue weighted by Crippen LogP contribution is 2.22. The molecule has 1 fully saturated rings. The average Bonchev–Trinajstić information content (AvgIpc) is 2.44. The van der Waals surface area contributed by atoms with E-state index in [-0.39, 0.29) is 19.6 Å². The van der Waals surface area contributed by atoms with Gasteiger partial charge in [-0.15, -0.1) is 0 Å². The molecule has 2 amide bonds. The molecule has 2 atom stereocenters. The van der Waals surface area contributed by atoms with Crippen LogP contribution in [-0.4, -0.2) is 63.4 Å². The number of nitrogens with zero attached hydrogens (tertiary/aromatic N) is 2. The molecule has 0 aromatic rings. The van der Waals surface area contributed by atoms with Gasteiger partial charge in [0.1, 0.15) is 5.92 Å². The molecule has 0 radical (unpaired) electrons. The summed E-state index contributed by atoms with van der Waals surface area (Å²) >= 11 is 0. The normalized spacial score (nSPS) is 19.8. The van der Waals surface area contributed by atoms with Gasteiger partial charge in [-0.25, -0.2) is 19.6 Å². The largest absolute Gasteiger partial charge is 0.480 e. The number of esters is 1. The number of hydrazine groups is 1. The van der Waals surface area contributed by atoms with Crippen LogP contribution < -0.4 is 0 Å². The molecule has 9 heteroatoms. The number of rotatable bonds is 4. The molecular weight excluding hydrogens is 284 g/mol. The average molecular weight is 302 g/mol. The van der Waals surface area contributed by atoms with Crippen LogP contribution in [-0.2, 0) is 19.1 Å². The lowest BCUT2D eigenvalue weighted by Crippen LogP contribution is -2.61. The highest BCUT2D eigenvalue weighted by Gasteiger charge is 2.43. The second-order valence-electron chi connectivity index (χ2n) is 4.56.